The van der Waals surface area contributed by atoms with Crippen molar-refractivity contribution in [2.45, 2.75) is 13.3 Å². The van der Waals surface area contributed by atoms with Crippen LogP contribution in [-0.2, 0) is 4.79 Å². The SMILES string of the molecule is Cc1cc(C(=O)O)ccc1NC(=O)N1CCC(C(N)=O)C1. The van der Waals surface area contributed by atoms with Gasteiger partial charge in [0.05, 0.1) is 11.5 Å². The number of benzene rings is 1. The molecule has 4 N–H and O–H groups in total. The number of hydrogen-bond acceptors (Lipinski definition) is 3. The van der Waals surface area contributed by atoms with Crippen molar-refractivity contribution in [1.29, 1.82) is 0 Å². The van der Waals surface area contributed by atoms with Crippen LogP contribution in [0.5, 0.6) is 0 Å². The average molecular weight is 291 g/mol. The van der Waals surface area contributed by atoms with E-state index < -0.39 is 11.9 Å². The summed E-state index contributed by atoms with van der Waals surface area (Å²) in [5, 5.41) is 11.6. The Bertz CT molecular complexity index is 600. The number of anilines is 1. The van der Waals surface area contributed by atoms with Crippen LogP contribution in [0.3, 0.4) is 0 Å². The average Bonchev–Trinajstić information content (AvgIpc) is 2.90. The van der Waals surface area contributed by atoms with Crippen LogP contribution in [0.2, 0.25) is 0 Å². The predicted molar refractivity (Wildman–Crippen MR) is 76.0 cm³/mol. The van der Waals surface area contributed by atoms with Crippen LogP contribution in [0.4, 0.5) is 10.5 Å². The number of nitrogens with one attached hydrogen (secondary N) is 1. The van der Waals surface area contributed by atoms with E-state index in [1.807, 2.05) is 0 Å². The third kappa shape index (κ3) is 3.31. The maximum atomic E-state index is 12.1. The van der Waals surface area contributed by atoms with Gasteiger partial charge in [-0.25, -0.2) is 9.59 Å². The Kier molecular flexibility index (Phi) is 4.11. The Morgan fingerprint density at radius 1 is 1.38 bits per heavy atom. The zero-order valence-electron chi connectivity index (χ0n) is 11.6. The Labute approximate surface area is 121 Å². The molecule has 1 saturated heterocycles. The second-order valence-electron chi connectivity index (χ2n) is 5.10. The van der Waals surface area contributed by atoms with Crippen LogP contribution in [0, 0.1) is 12.8 Å². The predicted octanol–water partition coefficient (Wildman–Crippen LogP) is 1.03. The Hall–Kier alpha value is -2.57. The van der Waals surface area contributed by atoms with Crippen molar-refractivity contribution < 1.29 is 19.5 Å². The van der Waals surface area contributed by atoms with E-state index in [2.05, 4.69) is 5.32 Å². The maximum Gasteiger partial charge on any atom is 0.335 e. The van der Waals surface area contributed by atoms with Gasteiger partial charge in [-0.2, -0.15) is 0 Å². The summed E-state index contributed by atoms with van der Waals surface area (Å²) in [7, 11) is 0. The van der Waals surface area contributed by atoms with Gasteiger partial charge in [0.1, 0.15) is 0 Å². The number of aromatic carboxylic acids is 1. The molecule has 3 amide bonds. The molecule has 1 aromatic rings. The van der Waals surface area contributed by atoms with Gasteiger partial charge in [-0.3, -0.25) is 4.79 Å². The molecule has 0 bridgehead atoms. The molecule has 1 aromatic carbocycles. The van der Waals surface area contributed by atoms with Crippen LogP contribution in [-0.4, -0.2) is 41.0 Å². The molecule has 0 aliphatic carbocycles. The fourth-order valence-electron chi connectivity index (χ4n) is 2.31. The monoisotopic (exact) mass is 291 g/mol. The maximum absolute atomic E-state index is 12.1. The lowest BCUT2D eigenvalue weighted by Crippen LogP contribution is -2.35. The van der Waals surface area contributed by atoms with Gasteiger partial charge in [0.25, 0.3) is 0 Å². The number of hydrogen-bond donors (Lipinski definition) is 3. The van der Waals surface area contributed by atoms with Crippen LogP contribution in [0.15, 0.2) is 18.2 Å². The smallest absolute Gasteiger partial charge is 0.335 e. The first-order chi connectivity index (χ1) is 9.88. The fourth-order valence-corrected chi connectivity index (χ4v) is 2.31. The summed E-state index contributed by atoms with van der Waals surface area (Å²) >= 11 is 0. The van der Waals surface area contributed by atoms with Gasteiger partial charge in [0, 0.05) is 18.8 Å². The number of carbonyl (C=O) groups is 3. The van der Waals surface area contributed by atoms with Crippen molar-refractivity contribution in [3.05, 3.63) is 29.3 Å². The number of amides is 3. The van der Waals surface area contributed by atoms with Crippen molar-refractivity contribution in [2.75, 3.05) is 18.4 Å². The summed E-state index contributed by atoms with van der Waals surface area (Å²) in [6.45, 7) is 2.51. The topological polar surface area (TPSA) is 113 Å². The highest BCUT2D eigenvalue weighted by Crippen LogP contribution is 2.20. The van der Waals surface area contributed by atoms with Crippen molar-refractivity contribution in [1.82, 2.24) is 4.90 Å². The normalized spacial score (nSPS) is 17.6. The number of nitrogens with two attached hydrogens (primary N) is 1. The molecule has 7 heteroatoms. The first-order valence-corrected chi connectivity index (χ1v) is 6.57. The van der Waals surface area contributed by atoms with Crippen molar-refractivity contribution in [3.8, 4) is 0 Å². The van der Waals surface area contributed by atoms with Gasteiger partial charge in [-0.15, -0.1) is 0 Å². The van der Waals surface area contributed by atoms with Gasteiger partial charge in [-0.05, 0) is 37.1 Å². The highest BCUT2D eigenvalue weighted by Gasteiger charge is 2.29. The zero-order valence-corrected chi connectivity index (χ0v) is 11.6. The van der Waals surface area contributed by atoms with Gasteiger partial charge < -0.3 is 21.1 Å². The van der Waals surface area contributed by atoms with E-state index in [9.17, 15) is 14.4 Å². The molecule has 7 nitrogen and oxygen atoms in total. The number of likely N-dealkylation sites (tertiary alicyclic amines) is 1. The largest absolute Gasteiger partial charge is 0.478 e. The van der Waals surface area contributed by atoms with Crippen molar-refractivity contribution in [3.63, 3.8) is 0 Å². The van der Waals surface area contributed by atoms with Crippen molar-refractivity contribution >= 4 is 23.6 Å². The van der Waals surface area contributed by atoms with E-state index in [0.29, 0.717) is 30.8 Å². The number of primary amides is 1. The molecule has 112 valence electrons. The van der Waals surface area contributed by atoms with E-state index in [4.69, 9.17) is 10.8 Å². The molecule has 0 aromatic heterocycles. The van der Waals surface area contributed by atoms with Crippen LogP contribution in [0.1, 0.15) is 22.3 Å². The molecule has 0 spiro atoms. The highest BCUT2D eigenvalue weighted by molar-refractivity contribution is 5.93. The quantitative estimate of drug-likeness (QED) is 0.772. The lowest BCUT2D eigenvalue weighted by atomic mass is 10.1. The lowest BCUT2D eigenvalue weighted by molar-refractivity contribution is -0.121. The molecule has 0 saturated carbocycles. The highest BCUT2D eigenvalue weighted by atomic mass is 16.4. The summed E-state index contributed by atoms with van der Waals surface area (Å²) < 4.78 is 0. The first kappa shape index (κ1) is 14.8. The summed E-state index contributed by atoms with van der Waals surface area (Å²) in [5.41, 5.74) is 6.61. The molecule has 1 atom stereocenters. The third-order valence-corrected chi connectivity index (χ3v) is 3.59. The minimum atomic E-state index is -1.01. The second-order valence-corrected chi connectivity index (χ2v) is 5.10. The Morgan fingerprint density at radius 3 is 2.62 bits per heavy atom. The first-order valence-electron chi connectivity index (χ1n) is 6.57. The van der Waals surface area contributed by atoms with Crippen LogP contribution < -0.4 is 11.1 Å². The molecule has 1 unspecified atom stereocenters. The Morgan fingerprint density at radius 2 is 2.10 bits per heavy atom. The number of carboxylic acid groups (broad SMARTS) is 1. The molecule has 0 radical (unpaired) electrons. The van der Waals surface area contributed by atoms with Gasteiger partial charge >= 0.3 is 12.0 Å². The molecule has 2 rings (SSSR count). The zero-order chi connectivity index (χ0) is 15.6. The van der Waals surface area contributed by atoms with Gasteiger partial charge in [0.15, 0.2) is 0 Å². The van der Waals surface area contributed by atoms with E-state index in [-0.39, 0.29) is 17.5 Å². The molecular weight excluding hydrogens is 274 g/mol. The summed E-state index contributed by atoms with van der Waals surface area (Å²) in [5.74, 6) is -1.71. The molecule has 21 heavy (non-hydrogen) atoms. The van der Waals surface area contributed by atoms with Gasteiger partial charge in [0.2, 0.25) is 5.91 Å². The third-order valence-electron chi connectivity index (χ3n) is 3.59. The number of rotatable bonds is 3. The molecule has 1 fully saturated rings. The minimum absolute atomic E-state index is 0.167. The number of nitrogens with zero attached hydrogens (tertiary/aromatic N) is 1. The van der Waals surface area contributed by atoms with E-state index in [0.717, 1.165) is 0 Å². The minimum Gasteiger partial charge on any atom is -0.478 e. The molecule has 1 aliphatic heterocycles. The Balaban J connectivity index is 2.03. The van der Waals surface area contributed by atoms with Crippen LogP contribution >= 0.6 is 0 Å². The summed E-state index contributed by atoms with van der Waals surface area (Å²) in [6.07, 6.45) is 0.569. The van der Waals surface area contributed by atoms with Crippen molar-refractivity contribution in [2.24, 2.45) is 11.7 Å². The number of aryl methyl sites for hydroxylation is 1. The number of carbonyl (C=O) groups excluding carboxylic acids is 2. The summed E-state index contributed by atoms with van der Waals surface area (Å²) in [4.78, 5) is 35.6. The lowest BCUT2D eigenvalue weighted by Gasteiger charge is -2.18. The van der Waals surface area contributed by atoms with Gasteiger partial charge in [-0.1, -0.05) is 0 Å². The summed E-state index contributed by atoms with van der Waals surface area (Å²) in [6, 6.07) is 4.16. The number of urea groups is 1. The molecule has 1 heterocycles. The van der Waals surface area contributed by atoms with E-state index >= 15 is 0 Å². The fraction of sp³-hybridized carbons (Fsp3) is 0.357. The standard InChI is InChI=1S/C14H17N3O4/c1-8-6-9(13(19)20)2-3-11(8)16-14(21)17-5-4-10(7-17)12(15)18/h2-3,6,10H,4-5,7H2,1H3,(H2,15,18)(H,16,21)(H,19,20). The molecular formula is C14H17N3O4. The van der Waals surface area contributed by atoms with E-state index in [1.54, 1.807) is 13.0 Å². The molecule has 1 aliphatic rings. The number of carboxylic acids is 1. The van der Waals surface area contributed by atoms with E-state index in [1.165, 1.54) is 17.0 Å². The van der Waals surface area contributed by atoms with Crippen LogP contribution in [0.25, 0.3) is 0 Å². The second kappa shape index (κ2) is 5.82.